The molecule has 0 aliphatic heterocycles. The molecular formula is C22H25N3O4S. The second-order valence-corrected chi connectivity index (χ2v) is 8.38. The Balaban J connectivity index is 1.39. The average Bonchev–Trinajstić information content (AvgIpc) is 3.14. The number of carbonyl (C=O) groups excluding carboxylic acids is 1. The minimum atomic E-state index is -0.315. The van der Waals surface area contributed by atoms with Crippen LogP contribution in [-0.4, -0.2) is 30.2 Å². The highest BCUT2D eigenvalue weighted by Crippen LogP contribution is 2.37. The van der Waals surface area contributed by atoms with Crippen LogP contribution in [0.2, 0.25) is 0 Å². The van der Waals surface area contributed by atoms with Gasteiger partial charge in [-0.3, -0.25) is 4.79 Å². The van der Waals surface area contributed by atoms with E-state index in [4.69, 9.17) is 19.9 Å². The number of esters is 1. The molecule has 1 aliphatic rings. The van der Waals surface area contributed by atoms with Crippen LogP contribution < -0.4 is 15.2 Å². The predicted molar refractivity (Wildman–Crippen MR) is 116 cm³/mol. The Labute approximate surface area is 179 Å². The summed E-state index contributed by atoms with van der Waals surface area (Å²) >= 11 is 1.68. The maximum atomic E-state index is 12.2. The number of aryl methyl sites for hydroxylation is 3. The molecule has 158 valence electrons. The lowest BCUT2D eigenvalue weighted by Crippen LogP contribution is -2.09. The second-order valence-electron chi connectivity index (χ2n) is 7.30. The first-order chi connectivity index (χ1) is 14.6. The van der Waals surface area contributed by atoms with Gasteiger partial charge in [0.05, 0.1) is 19.6 Å². The topological polar surface area (TPSA) is 96.6 Å². The third-order valence-electron chi connectivity index (χ3n) is 5.28. The molecule has 0 bridgehead atoms. The highest BCUT2D eigenvalue weighted by molar-refractivity contribution is 7.19. The Bertz CT molecular complexity index is 1060. The Kier molecular flexibility index (Phi) is 6.03. The minimum Gasteiger partial charge on any atom is -0.497 e. The zero-order valence-electron chi connectivity index (χ0n) is 17.2. The summed E-state index contributed by atoms with van der Waals surface area (Å²) in [6.45, 7) is 0.0168. The molecule has 0 amide bonds. The third-order valence-corrected chi connectivity index (χ3v) is 6.47. The number of benzene rings is 1. The van der Waals surface area contributed by atoms with E-state index in [0.29, 0.717) is 29.6 Å². The molecule has 0 saturated heterocycles. The fourth-order valence-electron chi connectivity index (χ4n) is 3.77. The van der Waals surface area contributed by atoms with Crippen LogP contribution in [0.1, 0.15) is 41.1 Å². The molecule has 2 aromatic heterocycles. The van der Waals surface area contributed by atoms with Crippen molar-refractivity contribution in [2.24, 2.45) is 0 Å². The number of nitrogens with two attached hydrogens (primary N) is 1. The molecule has 1 aliphatic carbocycles. The molecule has 8 heteroatoms. The molecule has 0 spiro atoms. The number of fused-ring (bicyclic) bond motifs is 3. The van der Waals surface area contributed by atoms with E-state index in [1.165, 1.54) is 23.3 Å². The van der Waals surface area contributed by atoms with Gasteiger partial charge in [0.15, 0.2) is 12.4 Å². The molecule has 7 nitrogen and oxygen atoms in total. The zero-order chi connectivity index (χ0) is 21.1. The number of thiophene rings is 1. The maximum absolute atomic E-state index is 12.2. The monoisotopic (exact) mass is 427 g/mol. The van der Waals surface area contributed by atoms with Crippen molar-refractivity contribution in [1.82, 2.24) is 9.97 Å². The normalized spacial score (nSPS) is 13.1. The van der Waals surface area contributed by atoms with Gasteiger partial charge in [0.2, 0.25) is 0 Å². The Morgan fingerprint density at radius 3 is 2.57 bits per heavy atom. The fourth-order valence-corrected chi connectivity index (χ4v) is 5.06. The molecule has 30 heavy (non-hydrogen) atoms. The first-order valence-corrected chi connectivity index (χ1v) is 10.8. The second kappa shape index (κ2) is 8.87. The van der Waals surface area contributed by atoms with E-state index in [0.717, 1.165) is 28.6 Å². The van der Waals surface area contributed by atoms with Crippen molar-refractivity contribution in [3.63, 3.8) is 0 Å². The first-order valence-electron chi connectivity index (χ1n) is 10.0. The van der Waals surface area contributed by atoms with Crippen molar-refractivity contribution in [2.75, 3.05) is 20.0 Å². The summed E-state index contributed by atoms with van der Waals surface area (Å²) in [7, 11) is 3.19. The van der Waals surface area contributed by atoms with Crippen LogP contribution in [-0.2, 0) is 35.4 Å². The van der Waals surface area contributed by atoms with Gasteiger partial charge in [0.25, 0.3) is 0 Å². The van der Waals surface area contributed by atoms with E-state index in [2.05, 4.69) is 9.97 Å². The van der Waals surface area contributed by atoms with Gasteiger partial charge < -0.3 is 19.9 Å². The quantitative estimate of drug-likeness (QED) is 0.572. The molecule has 0 atom stereocenters. The van der Waals surface area contributed by atoms with Crippen LogP contribution in [0.4, 0.5) is 5.82 Å². The molecule has 2 N–H and O–H groups in total. The van der Waals surface area contributed by atoms with Crippen molar-refractivity contribution in [2.45, 2.75) is 45.1 Å². The lowest BCUT2D eigenvalue weighted by atomic mass is 9.97. The Morgan fingerprint density at radius 2 is 1.83 bits per heavy atom. The summed E-state index contributed by atoms with van der Waals surface area (Å²) < 4.78 is 15.9. The van der Waals surface area contributed by atoms with Crippen molar-refractivity contribution < 1.29 is 19.0 Å². The summed E-state index contributed by atoms with van der Waals surface area (Å²) in [5.74, 6) is 1.98. The van der Waals surface area contributed by atoms with Crippen LogP contribution in [0.3, 0.4) is 0 Å². The summed E-state index contributed by atoms with van der Waals surface area (Å²) in [4.78, 5) is 23.5. The largest absolute Gasteiger partial charge is 0.497 e. The molecule has 1 aromatic carbocycles. The number of nitrogen functional groups attached to an aromatic ring is 1. The van der Waals surface area contributed by atoms with Crippen molar-refractivity contribution >= 4 is 33.3 Å². The summed E-state index contributed by atoms with van der Waals surface area (Å²) in [5.41, 5.74) is 8.45. The average molecular weight is 428 g/mol. The number of rotatable bonds is 7. The number of ether oxygens (including phenoxy) is 3. The van der Waals surface area contributed by atoms with Crippen molar-refractivity contribution in [3.8, 4) is 11.5 Å². The third kappa shape index (κ3) is 4.33. The van der Waals surface area contributed by atoms with Gasteiger partial charge >= 0.3 is 5.97 Å². The van der Waals surface area contributed by atoms with Gasteiger partial charge in [-0.1, -0.05) is 0 Å². The molecule has 4 rings (SSSR count). The van der Waals surface area contributed by atoms with Gasteiger partial charge in [-0.25, -0.2) is 9.97 Å². The summed E-state index contributed by atoms with van der Waals surface area (Å²) in [6.07, 6.45) is 5.25. The number of hydrogen-bond acceptors (Lipinski definition) is 8. The molecular weight excluding hydrogens is 402 g/mol. The molecule has 0 radical (unpaired) electrons. The summed E-state index contributed by atoms with van der Waals surface area (Å²) in [6, 6.07) is 5.56. The number of aromatic nitrogens is 2. The van der Waals surface area contributed by atoms with E-state index in [1.54, 1.807) is 31.6 Å². The van der Waals surface area contributed by atoms with E-state index >= 15 is 0 Å². The number of anilines is 1. The smallest absolute Gasteiger partial charge is 0.306 e. The zero-order valence-corrected chi connectivity index (χ0v) is 18.0. The standard InChI is InChI=1S/C22H25N3O4S/c1-27-14-9-13(10-15(11-14)28-2)7-8-19(26)29-12-18-24-21(23)20-16-5-3-4-6-17(16)30-22(20)25-18/h9-11H,3-8,12H2,1-2H3,(H2,23,24,25). The van der Waals surface area contributed by atoms with E-state index in [1.807, 2.05) is 12.1 Å². The molecule has 0 saturated carbocycles. The maximum Gasteiger partial charge on any atom is 0.306 e. The van der Waals surface area contributed by atoms with E-state index < -0.39 is 0 Å². The minimum absolute atomic E-state index is 0.0168. The van der Waals surface area contributed by atoms with E-state index in [9.17, 15) is 4.79 Å². The van der Waals surface area contributed by atoms with Gasteiger partial charge in [-0.15, -0.1) is 11.3 Å². The van der Waals surface area contributed by atoms with Crippen molar-refractivity contribution in [1.29, 1.82) is 0 Å². The molecule has 2 heterocycles. The highest BCUT2D eigenvalue weighted by atomic mass is 32.1. The molecule has 0 fully saturated rings. The van der Waals surface area contributed by atoms with Crippen LogP contribution in [0.15, 0.2) is 18.2 Å². The van der Waals surface area contributed by atoms with Crippen LogP contribution >= 0.6 is 11.3 Å². The SMILES string of the molecule is COc1cc(CCC(=O)OCc2nc(N)c3c4c(sc3n2)CCCC4)cc(OC)c1. The lowest BCUT2D eigenvalue weighted by Gasteiger charge is -2.11. The van der Waals surface area contributed by atoms with Gasteiger partial charge in [0, 0.05) is 17.4 Å². The van der Waals surface area contributed by atoms with Crippen LogP contribution in [0.25, 0.3) is 10.2 Å². The van der Waals surface area contributed by atoms with Crippen molar-refractivity contribution in [3.05, 3.63) is 40.0 Å². The van der Waals surface area contributed by atoms with Gasteiger partial charge in [-0.2, -0.15) is 0 Å². The van der Waals surface area contributed by atoms with E-state index in [-0.39, 0.29) is 19.0 Å². The first kappa shape index (κ1) is 20.4. The number of methoxy groups -OCH3 is 2. The molecule has 3 aromatic rings. The Hall–Kier alpha value is -2.87. The van der Waals surface area contributed by atoms with Gasteiger partial charge in [0.1, 0.15) is 22.1 Å². The predicted octanol–water partition coefficient (Wildman–Crippen LogP) is 3.85. The summed E-state index contributed by atoms with van der Waals surface area (Å²) in [5, 5.41) is 0.983. The number of hydrogen-bond donors (Lipinski definition) is 1. The number of nitrogens with zero attached hydrogens (tertiary/aromatic N) is 2. The fraction of sp³-hybridized carbons (Fsp3) is 0.409. The highest BCUT2D eigenvalue weighted by Gasteiger charge is 2.20. The van der Waals surface area contributed by atoms with Crippen LogP contribution in [0, 0.1) is 0 Å². The Morgan fingerprint density at radius 1 is 1.10 bits per heavy atom. The lowest BCUT2D eigenvalue weighted by molar-refractivity contribution is -0.145. The van der Waals surface area contributed by atoms with Crippen LogP contribution in [0.5, 0.6) is 11.5 Å². The van der Waals surface area contributed by atoms with Gasteiger partial charge in [-0.05, 0) is 55.4 Å². The number of carbonyl (C=O) groups is 1. The molecule has 0 unspecified atom stereocenters.